The predicted octanol–water partition coefficient (Wildman–Crippen LogP) is 2.22. The van der Waals surface area contributed by atoms with Gasteiger partial charge in [-0.2, -0.15) is 0 Å². The van der Waals surface area contributed by atoms with E-state index in [0.29, 0.717) is 6.42 Å². The molecule has 33 heavy (non-hydrogen) atoms. The summed E-state index contributed by atoms with van der Waals surface area (Å²) in [6.07, 6.45) is 5.75. The van der Waals surface area contributed by atoms with Crippen molar-refractivity contribution in [3.8, 4) is 0 Å². The van der Waals surface area contributed by atoms with Crippen LogP contribution in [0.4, 0.5) is 10.1 Å². The average Bonchev–Trinajstić information content (AvgIpc) is 3.16. The van der Waals surface area contributed by atoms with Crippen LogP contribution in [0.3, 0.4) is 0 Å². The van der Waals surface area contributed by atoms with E-state index < -0.39 is 11.9 Å². The van der Waals surface area contributed by atoms with Crippen LogP contribution in [0.25, 0.3) is 0 Å². The van der Waals surface area contributed by atoms with Crippen LogP contribution in [-0.2, 0) is 27.2 Å². The van der Waals surface area contributed by atoms with E-state index in [1.165, 1.54) is 17.0 Å². The molecule has 0 radical (unpaired) electrons. The van der Waals surface area contributed by atoms with E-state index in [1.54, 1.807) is 0 Å². The summed E-state index contributed by atoms with van der Waals surface area (Å²) >= 11 is 0. The number of benzene rings is 1. The number of hydrogen-bond acceptors (Lipinski definition) is 7. The molecule has 3 aliphatic rings. The van der Waals surface area contributed by atoms with Crippen LogP contribution in [0.15, 0.2) is 36.4 Å². The third-order valence-corrected chi connectivity index (χ3v) is 6.51. The number of aromatic nitrogens is 2. The van der Waals surface area contributed by atoms with Crippen molar-refractivity contribution in [3.63, 3.8) is 0 Å². The highest BCUT2D eigenvalue weighted by Crippen LogP contribution is 2.35. The molecule has 1 aromatic carbocycles. The Morgan fingerprint density at radius 2 is 1.79 bits per heavy atom. The third-order valence-electron chi connectivity index (χ3n) is 6.51. The smallest absolute Gasteiger partial charge is 0.358 e. The normalized spacial score (nSPS) is 22.0. The van der Waals surface area contributed by atoms with Gasteiger partial charge >= 0.3 is 11.9 Å². The first-order chi connectivity index (χ1) is 16.1. The Morgan fingerprint density at radius 3 is 2.58 bits per heavy atom. The van der Waals surface area contributed by atoms with Gasteiger partial charge in [0.15, 0.2) is 0 Å². The second kappa shape index (κ2) is 9.35. The van der Waals surface area contributed by atoms with E-state index in [0.717, 1.165) is 93.2 Å². The monoisotopic (exact) mass is 454 g/mol. The van der Waals surface area contributed by atoms with Crippen molar-refractivity contribution in [2.75, 3.05) is 37.6 Å². The van der Waals surface area contributed by atoms with Gasteiger partial charge in [-0.05, 0) is 62.9 Å². The summed E-state index contributed by atoms with van der Waals surface area (Å²) in [7, 11) is 0. The van der Waals surface area contributed by atoms with Crippen molar-refractivity contribution in [1.82, 2.24) is 14.8 Å². The van der Waals surface area contributed by atoms with Crippen LogP contribution in [-0.4, -0.2) is 59.5 Å². The van der Waals surface area contributed by atoms with Gasteiger partial charge in [0.1, 0.15) is 11.9 Å². The molecule has 174 valence electrons. The molecule has 2 bridgehead atoms. The van der Waals surface area contributed by atoms with E-state index in [4.69, 9.17) is 9.57 Å². The van der Waals surface area contributed by atoms with Crippen molar-refractivity contribution in [2.24, 2.45) is 0 Å². The lowest BCUT2D eigenvalue weighted by atomic mass is 9.91. The second-order valence-electron chi connectivity index (χ2n) is 8.65. The Hall–Kier alpha value is -3.20. The fourth-order valence-corrected chi connectivity index (χ4v) is 4.86. The zero-order valence-corrected chi connectivity index (χ0v) is 18.4. The second-order valence-corrected chi connectivity index (χ2v) is 8.65. The summed E-state index contributed by atoms with van der Waals surface area (Å²) in [6, 6.07) is 6.64. The van der Waals surface area contributed by atoms with Crippen molar-refractivity contribution in [3.05, 3.63) is 59.2 Å². The number of hydrogen-bond donors (Lipinski definition) is 0. The van der Waals surface area contributed by atoms with Crippen LogP contribution >= 0.6 is 0 Å². The maximum Gasteiger partial charge on any atom is 0.358 e. The molecule has 1 unspecified atom stereocenters. The Bertz CT molecular complexity index is 1060. The molecular formula is C24H27FN4O4. The molecule has 2 aliphatic heterocycles. The molecule has 5 rings (SSSR count). The predicted molar refractivity (Wildman–Crippen MR) is 118 cm³/mol. The highest BCUT2D eigenvalue weighted by atomic mass is 19.1. The molecule has 0 spiro atoms. The lowest BCUT2D eigenvalue weighted by Gasteiger charge is -2.36. The Labute approximate surface area is 191 Å². The topological polar surface area (TPSA) is 76.9 Å². The largest absolute Gasteiger partial charge is 0.454 e. The lowest BCUT2D eigenvalue weighted by Crippen LogP contribution is -2.46. The molecule has 1 aliphatic carbocycles. The zero-order chi connectivity index (χ0) is 22.8. The first-order valence-electron chi connectivity index (χ1n) is 11.5. The number of halogens is 1. The van der Waals surface area contributed by atoms with Crippen LogP contribution in [0, 0.1) is 5.82 Å². The molecule has 0 amide bonds. The summed E-state index contributed by atoms with van der Waals surface area (Å²) in [4.78, 5) is 35.6. The number of rotatable bonds is 5. The van der Waals surface area contributed by atoms with E-state index in [-0.39, 0.29) is 11.9 Å². The molecule has 9 heteroatoms. The van der Waals surface area contributed by atoms with Gasteiger partial charge in [-0.3, -0.25) is 4.90 Å². The maximum atomic E-state index is 13.2. The van der Waals surface area contributed by atoms with E-state index in [2.05, 4.69) is 14.9 Å². The minimum Gasteiger partial charge on any atom is -0.454 e. The molecule has 0 N–H and O–H groups in total. The molecule has 1 saturated heterocycles. The summed E-state index contributed by atoms with van der Waals surface area (Å²) in [5.74, 6) is -1.41. The maximum absolute atomic E-state index is 13.2. The van der Waals surface area contributed by atoms with Gasteiger partial charge in [-0.1, -0.05) is 4.85 Å². The lowest BCUT2D eigenvalue weighted by molar-refractivity contribution is -0.146. The summed E-state index contributed by atoms with van der Waals surface area (Å²) in [6.45, 7) is 4.53. The Kier molecular flexibility index (Phi) is 6.13. The fourth-order valence-electron chi connectivity index (χ4n) is 4.86. The molecule has 1 atom stereocenters. The van der Waals surface area contributed by atoms with Gasteiger partial charge in [-0.15, -0.1) is 5.10 Å². The third kappa shape index (κ3) is 4.78. The molecule has 8 nitrogen and oxygen atoms in total. The number of esters is 1. The standard InChI is InChI=1S/C24H27FN4O4/c25-17-6-8-18(9-7-17)28-15-13-27(14-16-28)12-2-4-20-24-19-3-1-5-21(24)32-22(30)10-11-23(31)33-29(20)26-19/h6-11,21H,1-5,12-16H2/b11-10-. The molecule has 3 heterocycles. The van der Waals surface area contributed by atoms with Gasteiger partial charge in [0, 0.05) is 49.6 Å². The minimum absolute atomic E-state index is 0.219. The molecule has 1 aromatic heterocycles. The van der Waals surface area contributed by atoms with Crippen molar-refractivity contribution >= 4 is 17.6 Å². The number of piperazine rings is 1. The summed E-state index contributed by atoms with van der Waals surface area (Å²) in [5, 5.41) is 4.51. The highest BCUT2D eigenvalue weighted by Gasteiger charge is 2.32. The van der Waals surface area contributed by atoms with Gasteiger partial charge in [0.2, 0.25) is 0 Å². The Morgan fingerprint density at radius 1 is 1.03 bits per heavy atom. The first kappa shape index (κ1) is 21.6. The number of carbonyl (C=O) groups is 2. The van der Waals surface area contributed by atoms with Crippen molar-refractivity contribution in [1.29, 1.82) is 0 Å². The number of aryl methyl sites for hydroxylation is 1. The van der Waals surface area contributed by atoms with Crippen LogP contribution < -0.4 is 9.74 Å². The molecule has 2 aromatic rings. The Balaban J connectivity index is 1.23. The van der Waals surface area contributed by atoms with Crippen LogP contribution in [0.2, 0.25) is 0 Å². The van der Waals surface area contributed by atoms with Crippen molar-refractivity contribution < 1.29 is 23.6 Å². The number of ether oxygens (including phenoxy) is 1. The van der Waals surface area contributed by atoms with E-state index in [1.807, 2.05) is 12.1 Å². The van der Waals surface area contributed by atoms with Gasteiger partial charge in [0.05, 0.1) is 11.4 Å². The molecule has 0 saturated carbocycles. The van der Waals surface area contributed by atoms with Gasteiger partial charge < -0.3 is 14.5 Å². The van der Waals surface area contributed by atoms with E-state index >= 15 is 0 Å². The fraction of sp³-hybridized carbons (Fsp3) is 0.458. The number of fused-ring (bicyclic) bond motifs is 1. The van der Waals surface area contributed by atoms with Gasteiger partial charge in [-0.25, -0.2) is 14.0 Å². The van der Waals surface area contributed by atoms with Crippen LogP contribution in [0.5, 0.6) is 0 Å². The number of nitrogens with zero attached hydrogens (tertiary/aromatic N) is 4. The minimum atomic E-state index is -0.650. The quantitative estimate of drug-likeness (QED) is 0.641. The summed E-state index contributed by atoms with van der Waals surface area (Å²) in [5.41, 5.74) is 3.61. The SMILES string of the molecule is O=C1/C=C\C(=O)On2nc3c(c2CCCN2CCN(c4ccc(F)cc4)CC2)C(CCC3)O1. The zero-order valence-electron chi connectivity index (χ0n) is 18.4. The number of carbonyl (C=O) groups excluding carboxylic acids is 2. The number of anilines is 1. The molecular weight excluding hydrogens is 427 g/mol. The highest BCUT2D eigenvalue weighted by molar-refractivity contribution is 5.92. The summed E-state index contributed by atoms with van der Waals surface area (Å²) < 4.78 is 18.8. The average molecular weight is 455 g/mol. The van der Waals surface area contributed by atoms with Gasteiger partial charge in [0.25, 0.3) is 0 Å². The first-order valence-corrected chi connectivity index (χ1v) is 11.5. The molecule has 1 fully saturated rings. The van der Waals surface area contributed by atoms with Crippen molar-refractivity contribution in [2.45, 2.75) is 38.2 Å². The van der Waals surface area contributed by atoms with E-state index in [9.17, 15) is 14.0 Å². The van der Waals surface area contributed by atoms with Crippen LogP contribution in [0.1, 0.15) is 42.3 Å².